The molecule has 1 rings (SSSR count). The first-order chi connectivity index (χ1) is 8.04. The minimum Gasteiger partial charge on any atom is -0.393 e. The molecule has 102 valence electrons. The molecule has 1 aliphatic carbocycles. The van der Waals surface area contributed by atoms with Crippen LogP contribution in [0, 0.1) is 11.8 Å². The van der Waals surface area contributed by atoms with Crippen molar-refractivity contribution < 1.29 is 5.11 Å². The van der Waals surface area contributed by atoms with Gasteiger partial charge in [-0.15, -0.1) is 0 Å². The summed E-state index contributed by atoms with van der Waals surface area (Å²) in [7, 11) is 2.24. The van der Waals surface area contributed by atoms with Crippen LogP contribution in [0.15, 0.2) is 0 Å². The monoisotopic (exact) mass is 241 g/mol. The minimum atomic E-state index is -0.0605. The molecule has 0 saturated heterocycles. The highest BCUT2D eigenvalue weighted by atomic mass is 16.3. The second-order valence-corrected chi connectivity index (χ2v) is 6.25. The molecule has 0 aliphatic heterocycles. The summed E-state index contributed by atoms with van der Waals surface area (Å²) in [4.78, 5) is 2.50. The van der Waals surface area contributed by atoms with Crippen molar-refractivity contribution in [3.63, 3.8) is 0 Å². The lowest BCUT2D eigenvalue weighted by Gasteiger charge is -2.40. The highest BCUT2D eigenvalue weighted by Crippen LogP contribution is 2.31. The van der Waals surface area contributed by atoms with E-state index in [1.165, 1.54) is 32.2 Å². The lowest BCUT2D eigenvalue weighted by molar-refractivity contribution is 0.0332. The third-order valence-corrected chi connectivity index (χ3v) is 4.21. The van der Waals surface area contributed by atoms with E-state index in [1.807, 2.05) is 0 Å². The first-order valence-electron chi connectivity index (χ1n) is 7.42. The highest BCUT2D eigenvalue weighted by molar-refractivity contribution is 4.85. The van der Waals surface area contributed by atoms with Gasteiger partial charge in [0, 0.05) is 6.04 Å². The van der Waals surface area contributed by atoms with Crippen molar-refractivity contribution in [2.24, 2.45) is 11.8 Å². The summed E-state index contributed by atoms with van der Waals surface area (Å²) >= 11 is 0. The summed E-state index contributed by atoms with van der Waals surface area (Å²) in [5.41, 5.74) is 0. The van der Waals surface area contributed by atoms with E-state index < -0.39 is 0 Å². The number of aliphatic hydroxyl groups excluding tert-OH is 1. The zero-order valence-corrected chi connectivity index (χ0v) is 12.2. The van der Waals surface area contributed by atoms with Crippen LogP contribution < -0.4 is 0 Å². The molecule has 0 aromatic heterocycles. The average molecular weight is 241 g/mol. The van der Waals surface area contributed by atoms with Crippen LogP contribution in [0.4, 0.5) is 0 Å². The molecule has 2 heteroatoms. The number of hydrogen-bond donors (Lipinski definition) is 1. The fourth-order valence-corrected chi connectivity index (χ4v) is 3.06. The number of hydrogen-bond acceptors (Lipinski definition) is 2. The van der Waals surface area contributed by atoms with Gasteiger partial charge in [-0.3, -0.25) is 0 Å². The van der Waals surface area contributed by atoms with Crippen LogP contribution in [0.5, 0.6) is 0 Å². The Morgan fingerprint density at radius 1 is 1.29 bits per heavy atom. The SMILES string of the molecule is CCCC1CCC(O)CC1N(C)CCC(C)C. The number of rotatable bonds is 6. The van der Waals surface area contributed by atoms with Crippen molar-refractivity contribution in [1.82, 2.24) is 4.90 Å². The zero-order chi connectivity index (χ0) is 12.8. The second kappa shape index (κ2) is 7.38. The fraction of sp³-hybridized carbons (Fsp3) is 1.00. The maximum Gasteiger partial charge on any atom is 0.0555 e. The largest absolute Gasteiger partial charge is 0.393 e. The fourth-order valence-electron chi connectivity index (χ4n) is 3.06. The van der Waals surface area contributed by atoms with Crippen molar-refractivity contribution in [2.75, 3.05) is 13.6 Å². The molecule has 0 heterocycles. The minimum absolute atomic E-state index is 0.0605. The molecule has 3 atom stereocenters. The molecule has 0 spiro atoms. The van der Waals surface area contributed by atoms with Gasteiger partial charge in [-0.1, -0.05) is 27.2 Å². The van der Waals surface area contributed by atoms with Crippen LogP contribution in [0.25, 0.3) is 0 Å². The zero-order valence-electron chi connectivity index (χ0n) is 12.2. The van der Waals surface area contributed by atoms with Gasteiger partial charge in [0.2, 0.25) is 0 Å². The predicted molar refractivity (Wildman–Crippen MR) is 74.1 cm³/mol. The Morgan fingerprint density at radius 2 is 2.00 bits per heavy atom. The summed E-state index contributed by atoms with van der Waals surface area (Å²) in [6.45, 7) is 8.02. The first-order valence-corrected chi connectivity index (χ1v) is 7.42. The van der Waals surface area contributed by atoms with Crippen molar-refractivity contribution in [2.45, 2.75) is 71.4 Å². The van der Waals surface area contributed by atoms with Crippen molar-refractivity contribution in [3.05, 3.63) is 0 Å². The van der Waals surface area contributed by atoms with Gasteiger partial charge in [0.05, 0.1) is 6.10 Å². The third kappa shape index (κ3) is 4.97. The summed E-state index contributed by atoms with van der Waals surface area (Å²) < 4.78 is 0. The molecule has 0 aromatic carbocycles. The maximum atomic E-state index is 9.87. The molecule has 1 fully saturated rings. The van der Waals surface area contributed by atoms with E-state index in [-0.39, 0.29) is 6.10 Å². The summed E-state index contributed by atoms with van der Waals surface area (Å²) in [6, 6.07) is 0.609. The number of aliphatic hydroxyl groups is 1. The molecule has 2 nitrogen and oxygen atoms in total. The van der Waals surface area contributed by atoms with Gasteiger partial charge in [0.25, 0.3) is 0 Å². The first kappa shape index (κ1) is 15.0. The Balaban J connectivity index is 2.49. The van der Waals surface area contributed by atoms with Gasteiger partial charge in [-0.05, 0) is 57.5 Å². The predicted octanol–water partition coefficient (Wildman–Crippen LogP) is 3.29. The quantitative estimate of drug-likeness (QED) is 0.771. The molecule has 3 unspecified atom stereocenters. The standard InChI is InChI=1S/C15H31NO/c1-5-6-13-7-8-14(17)11-15(13)16(4)10-9-12(2)3/h12-15,17H,5-11H2,1-4H3. The van der Waals surface area contributed by atoms with Crippen LogP contribution in [-0.2, 0) is 0 Å². The Kier molecular flexibility index (Phi) is 6.50. The topological polar surface area (TPSA) is 23.5 Å². The van der Waals surface area contributed by atoms with Gasteiger partial charge < -0.3 is 10.0 Å². The molecule has 0 aromatic rings. The molecule has 1 saturated carbocycles. The maximum absolute atomic E-state index is 9.87. The van der Waals surface area contributed by atoms with Gasteiger partial charge >= 0.3 is 0 Å². The van der Waals surface area contributed by atoms with Gasteiger partial charge in [0.1, 0.15) is 0 Å². The summed E-state index contributed by atoms with van der Waals surface area (Å²) in [5, 5.41) is 9.87. The molecule has 17 heavy (non-hydrogen) atoms. The Hall–Kier alpha value is -0.0800. The van der Waals surface area contributed by atoms with E-state index in [9.17, 15) is 5.11 Å². The van der Waals surface area contributed by atoms with Crippen LogP contribution >= 0.6 is 0 Å². The van der Waals surface area contributed by atoms with Crippen molar-refractivity contribution in [3.8, 4) is 0 Å². The van der Waals surface area contributed by atoms with Gasteiger partial charge in [-0.2, -0.15) is 0 Å². The highest BCUT2D eigenvalue weighted by Gasteiger charge is 2.31. The summed E-state index contributed by atoms with van der Waals surface area (Å²) in [6.07, 6.45) is 7.01. The molecule has 1 N–H and O–H groups in total. The lowest BCUT2D eigenvalue weighted by atomic mass is 9.79. The van der Waals surface area contributed by atoms with Crippen molar-refractivity contribution in [1.29, 1.82) is 0 Å². The molecule has 0 radical (unpaired) electrons. The molecular formula is C15H31NO. The normalized spacial score (nSPS) is 30.2. The van der Waals surface area contributed by atoms with E-state index in [2.05, 4.69) is 32.7 Å². The second-order valence-electron chi connectivity index (χ2n) is 6.25. The smallest absolute Gasteiger partial charge is 0.0555 e. The molecule has 0 bridgehead atoms. The molecule has 0 amide bonds. The van der Waals surface area contributed by atoms with E-state index in [0.29, 0.717) is 6.04 Å². The lowest BCUT2D eigenvalue weighted by Crippen LogP contribution is -2.44. The third-order valence-electron chi connectivity index (χ3n) is 4.21. The molecular weight excluding hydrogens is 210 g/mol. The van der Waals surface area contributed by atoms with Gasteiger partial charge in [-0.25, -0.2) is 0 Å². The van der Waals surface area contributed by atoms with Crippen LogP contribution in [-0.4, -0.2) is 35.7 Å². The Labute approximate surface area is 107 Å². The molecule has 1 aliphatic rings. The Morgan fingerprint density at radius 3 is 2.59 bits per heavy atom. The average Bonchev–Trinajstić information content (AvgIpc) is 2.28. The Bertz CT molecular complexity index is 205. The van der Waals surface area contributed by atoms with Gasteiger partial charge in [0.15, 0.2) is 0 Å². The van der Waals surface area contributed by atoms with Crippen LogP contribution in [0.1, 0.15) is 59.3 Å². The van der Waals surface area contributed by atoms with Crippen LogP contribution in [0.3, 0.4) is 0 Å². The summed E-state index contributed by atoms with van der Waals surface area (Å²) in [5.74, 6) is 1.58. The number of nitrogens with zero attached hydrogens (tertiary/aromatic N) is 1. The van der Waals surface area contributed by atoms with E-state index in [0.717, 1.165) is 24.7 Å². The van der Waals surface area contributed by atoms with E-state index >= 15 is 0 Å². The van der Waals surface area contributed by atoms with Crippen LogP contribution in [0.2, 0.25) is 0 Å². The van der Waals surface area contributed by atoms with E-state index in [4.69, 9.17) is 0 Å². The van der Waals surface area contributed by atoms with E-state index in [1.54, 1.807) is 0 Å². The van der Waals surface area contributed by atoms with Crippen molar-refractivity contribution >= 4 is 0 Å².